The van der Waals surface area contributed by atoms with Crippen LogP contribution < -0.4 is 4.74 Å². The number of carbonyl (C=O) groups excluding carboxylic acids is 2. The van der Waals surface area contributed by atoms with E-state index in [0.717, 1.165) is 37.2 Å². The van der Waals surface area contributed by atoms with E-state index in [1.54, 1.807) is 0 Å². The molecule has 1 aliphatic heterocycles. The molecule has 0 aliphatic carbocycles. The van der Waals surface area contributed by atoms with Gasteiger partial charge in [0, 0.05) is 26.6 Å². The molecule has 0 N–H and O–H groups in total. The zero-order chi connectivity index (χ0) is 22.0. The molecule has 7 nitrogen and oxygen atoms in total. The fraction of sp³-hybridized carbons (Fsp3) is 0.652. The molecular formula is C23H35NO6. The van der Waals surface area contributed by atoms with Gasteiger partial charge in [-0.25, -0.2) is 0 Å². The minimum Gasteiger partial charge on any atom is -0.494 e. The summed E-state index contributed by atoms with van der Waals surface area (Å²) in [5.41, 5.74) is 0.649. The van der Waals surface area contributed by atoms with Crippen LogP contribution in [0.25, 0.3) is 0 Å². The SMILES string of the molecule is CC(=O)OCCCCOc1ccc(C2CN(CCC(=O)OC(C)(C)C)CCO2)cc1. The van der Waals surface area contributed by atoms with Crippen LogP contribution in [0.4, 0.5) is 0 Å². The second-order valence-corrected chi connectivity index (χ2v) is 8.46. The summed E-state index contributed by atoms with van der Waals surface area (Å²) in [6, 6.07) is 7.95. The molecule has 0 aromatic heterocycles. The van der Waals surface area contributed by atoms with Gasteiger partial charge in [0.15, 0.2) is 0 Å². The standard InChI is InChI=1S/C23H35NO6/c1-18(25)27-14-5-6-15-28-20-9-7-19(8-10-20)21-17-24(13-16-29-21)12-11-22(26)30-23(2,3)4/h7-10,21H,5-6,11-17H2,1-4H3. The third-order valence-corrected chi connectivity index (χ3v) is 4.57. The minimum absolute atomic E-state index is 0.0184. The molecule has 0 saturated carbocycles. The third kappa shape index (κ3) is 9.59. The number of unbranched alkanes of at least 4 members (excludes halogenated alkanes) is 1. The van der Waals surface area contributed by atoms with Crippen molar-refractivity contribution in [3.63, 3.8) is 0 Å². The van der Waals surface area contributed by atoms with Crippen molar-refractivity contribution < 1.29 is 28.5 Å². The van der Waals surface area contributed by atoms with Crippen molar-refractivity contribution in [3.8, 4) is 5.75 Å². The van der Waals surface area contributed by atoms with Crippen LogP contribution in [0, 0.1) is 0 Å². The Hall–Kier alpha value is -2.12. The summed E-state index contributed by atoms with van der Waals surface area (Å²) < 4.78 is 21.9. The molecule has 1 atom stereocenters. The molecule has 0 radical (unpaired) electrons. The largest absolute Gasteiger partial charge is 0.494 e. The molecule has 2 rings (SSSR count). The van der Waals surface area contributed by atoms with Crippen LogP contribution in [0.5, 0.6) is 5.75 Å². The smallest absolute Gasteiger partial charge is 0.307 e. The Morgan fingerprint density at radius 3 is 2.50 bits per heavy atom. The Balaban J connectivity index is 1.72. The van der Waals surface area contributed by atoms with Gasteiger partial charge in [-0.05, 0) is 51.3 Å². The molecule has 168 valence electrons. The first kappa shape index (κ1) is 24.2. The molecule has 0 bridgehead atoms. The summed E-state index contributed by atoms with van der Waals surface area (Å²) in [4.78, 5) is 24.9. The molecule has 0 amide bonds. The van der Waals surface area contributed by atoms with Crippen molar-refractivity contribution in [1.82, 2.24) is 4.90 Å². The van der Waals surface area contributed by atoms with Crippen LogP contribution in [0.2, 0.25) is 0 Å². The van der Waals surface area contributed by atoms with E-state index in [4.69, 9.17) is 18.9 Å². The predicted molar refractivity (Wildman–Crippen MR) is 113 cm³/mol. The molecule has 1 heterocycles. The van der Waals surface area contributed by atoms with Gasteiger partial charge in [-0.3, -0.25) is 14.5 Å². The van der Waals surface area contributed by atoms with Crippen LogP contribution in [-0.2, 0) is 23.8 Å². The van der Waals surface area contributed by atoms with Gasteiger partial charge in [-0.1, -0.05) is 12.1 Å². The number of morpholine rings is 1. The minimum atomic E-state index is -0.448. The van der Waals surface area contributed by atoms with E-state index in [2.05, 4.69) is 4.90 Å². The van der Waals surface area contributed by atoms with Crippen molar-refractivity contribution in [2.75, 3.05) is 39.5 Å². The predicted octanol–water partition coefficient (Wildman–Crippen LogP) is 3.51. The lowest BCUT2D eigenvalue weighted by atomic mass is 10.1. The maximum Gasteiger partial charge on any atom is 0.307 e. The molecule has 1 fully saturated rings. The van der Waals surface area contributed by atoms with Crippen molar-refractivity contribution in [1.29, 1.82) is 0 Å². The number of esters is 2. The van der Waals surface area contributed by atoms with Crippen LogP contribution in [0.1, 0.15) is 58.6 Å². The van der Waals surface area contributed by atoms with Gasteiger partial charge >= 0.3 is 11.9 Å². The van der Waals surface area contributed by atoms with Crippen molar-refractivity contribution >= 4 is 11.9 Å². The fourth-order valence-corrected chi connectivity index (χ4v) is 3.14. The van der Waals surface area contributed by atoms with Crippen LogP contribution in [0.3, 0.4) is 0 Å². The molecule has 0 spiro atoms. The average molecular weight is 422 g/mol. The summed E-state index contributed by atoms with van der Waals surface area (Å²) >= 11 is 0. The molecule has 1 saturated heterocycles. The van der Waals surface area contributed by atoms with E-state index in [9.17, 15) is 9.59 Å². The lowest BCUT2D eigenvalue weighted by Crippen LogP contribution is -2.39. The second kappa shape index (κ2) is 11.9. The number of hydrogen-bond acceptors (Lipinski definition) is 7. The molecular weight excluding hydrogens is 386 g/mol. The Morgan fingerprint density at radius 1 is 1.13 bits per heavy atom. The lowest BCUT2D eigenvalue weighted by molar-refractivity contribution is -0.155. The zero-order valence-electron chi connectivity index (χ0n) is 18.6. The van der Waals surface area contributed by atoms with Crippen molar-refractivity contribution in [2.45, 2.75) is 58.7 Å². The highest BCUT2D eigenvalue weighted by Gasteiger charge is 2.23. The van der Waals surface area contributed by atoms with E-state index in [-0.39, 0.29) is 18.0 Å². The van der Waals surface area contributed by atoms with Gasteiger partial charge in [-0.2, -0.15) is 0 Å². The van der Waals surface area contributed by atoms with Gasteiger partial charge < -0.3 is 18.9 Å². The lowest BCUT2D eigenvalue weighted by Gasteiger charge is -2.33. The van der Waals surface area contributed by atoms with E-state index in [1.807, 2.05) is 45.0 Å². The highest BCUT2D eigenvalue weighted by Crippen LogP contribution is 2.24. The number of benzene rings is 1. The van der Waals surface area contributed by atoms with E-state index >= 15 is 0 Å². The number of nitrogens with zero attached hydrogens (tertiary/aromatic N) is 1. The van der Waals surface area contributed by atoms with Crippen LogP contribution in [0.15, 0.2) is 24.3 Å². The van der Waals surface area contributed by atoms with Crippen molar-refractivity contribution in [3.05, 3.63) is 29.8 Å². The highest BCUT2D eigenvalue weighted by atomic mass is 16.6. The zero-order valence-corrected chi connectivity index (χ0v) is 18.6. The number of rotatable bonds is 10. The maximum atomic E-state index is 11.9. The molecule has 1 unspecified atom stereocenters. The van der Waals surface area contributed by atoms with Gasteiger partial charge in [0.2, 0.25) is 0 Å². The Kier molecular flexibility index (Phi) is 9.59. The average Bonchev–Trinajstić information content (AvgIpc) is 2.68. The first-order valence-electron chi connectivity index (χ1n) is 10.6. The summed E-state index contributed by atoms with van der Waals surface area (Å²) in [7, 11) is 0. The van der Waals surface area contributed by atoms with Gasteiger partial charge in [0.1, 0.15) is 11.4 Å². The number of ether oxygens (including phenoxy) is 4. The van der Waals surface area contributed by atoms with E-state index in [1.165, 1.54) is 6.92 Å². The maximum absolute atomic E-state index is 11.9. The molecule has 30 heavy (non-hydrogen) atoms. The Labute approximate surface area is 179 Å². The van der Waals surface area contributed by atoms with Crippen molar-refractivity contribution in [2.24, 2.45) is 0 Å². The third-order valence-electron chi connectivity index (χ3n) is 4.57. The number of hydrogen-bond donors (Lipinski definition) is 0. The van der Waals surface area contributed by atoms with Crippen LogP contribution in [-0.4, -0.2) is 61.9 Å². The molecule has 7 heteroatoms. The Bertz CT molecular complexity index is 667. The topological polar surface area (TPSA) is 74.3 Å². The molecule has 1 aliphatic rings. The second-order valence-electron chi connectivity index (χ2n) is 8.46. The summed E-state index contributed by atoms with van der Waals surface area (Å²) in [5, 5.41) is 0. The fourth-order valence-electron chi connectivity index (χ4n) is 3.14. The summed E-state index contributed by atoms with van der Waals surface area (Å²) in [6.07, 6.45) is 1.98. The van der Waals surface area contributed by atoms with Gasteiger partial charge in [-0.15, -0.1) is 0 Å². The summed E-state index contributed by atoms with van der Waals surface area (Å²) in [5.74, 6) is 0.392. The Morgan fingerprint density at radius 2 is 1.83 bits per heavy atom. The quantitative estimate of drug-likeness (QED) is 0.423. The van der Waals surface area contributed by atoms with Crippen LogP contribution >= 0.6 is 0 Å². The van der Waals surface area contributed by atoms with E-state index in [0.29, 0.717) is 32.8 Å². The van der Waals surface area contributed by atoms with E-state index < -0.39 is 5.60 Å². The normalized spacial score (nSPS) is 17.4. The summed E-state index contributed by atoms with van der Waals surface area (Å²) in [6.45, 7) is 10.9. The molecule has 1 aromatic rings. The van der Waals surface area contributed by atoms with Gasteiger partial charge in [0.05, 0.1) is 32.3 Å². The number of carbonyl (C=O) groups is 2. The first-order valence-corrected chi connectivity index (χ1v) is 10.6. The van der Waals surface area contributed by atoms with Gasteiger partial charge in [0.25, 0.3) is 0 Å². The first-order chi connectivity index (χ1) is 14.2. The molecule has 1 aromatic carbocycles. The monoisotopic (exact) mass is 421 g/mol. The highest BCUT2D eigenvalue weighted by molar-refractivity contribution is 5.70.